The van der Waals surface area contributed by atoms with Gasteiger partial charge >= 0.3 is 131 Å². The van der Waals surface area contributed by atoms with Crippen LogP contribution in [0.5, 0.6) is 0 Å². The summed E-state index contributed by atoms with van der Waals surface area (Å²) in [5.74, 6) is 0. The van der Waals surface area contributed by atoms with Crippen molar-refractivity contribution in [1.29, 1.82) is 0 Å². The molecule has 2 aromatic rings. The van der Waals surface area contributed by atoms with E-state index in [4.69, 9.17) is 16.3 Å². The van der Waals surface area contributed by atoms with Crippen molar-refractivity contribution in [3.05, 3.63) is 29.4 Å². The van der Waals surface area contributed by atoms with E-state index in [0.717, 1.165) is 15.3 Å². The summed E-state index contributed by atoms with van der Waals surface area (Å²) in [7, 11) is 0. The SMILES string of the molecule is CC(C)(C)OC(=O)Nc1cc(Cl)c2cnc([As])cc2c1. The first-order valence-electron chi connectivity index (χ1n) is 6.03. The Morgan fingerprint density at radius 3 is 2.70 bits per heavy atom. The molecule has 0 unspecified atom stereocenters. The number of ether oxygens (including phenoxy) is 1. The van der Waals surface area contributed by atoms with Gasteiger partial charge in [-0.05, 0) is 0 Å². The number of benzene rings is 1. The van der Waals surface area contributed by atoms with Crippen molar-refractivity contribution in [2.75, 3.05) is 5.32 Å². The summed E-state index contributed by atoms with van der Waals surface area (Å²) in [5.41, 5.74) is 0.0535. The van der Waals surface area contributed by atoms with Gasteiger partial charge < -0.3 is 0 Å². The number of carbonyl (C=O) groups is 1. The van der Waals surface area contributed by atoms with Crippen LogP contribution in [0.25, 0.3) is 10.8 Å². The normalized spacial score (nSPS) is 11.4. The molecule has 20 heavy (non-hydrogen) atoms. The number of hydrogen-bond donors (Lipinski definition) is 1. The van der Waals surface area contributed by atoms with Gasteiger partial charge in [-0.1, -0.05) is 0 Å². The number of carbonyl (C=O) groups excluding carboxylic acids is 1. The van der Waals surface area contributed by atoms with Crippen molar-refractivity contribution in [1.82, 2.24) is 4.98 Å². The number of pyridine rings is 1. The molecule has 0 atom stereocenters. The van der Waals surface area contributed by atoms with Crippen LogP contribution in [-0.2, 0) is 4.74 Å². The predicted octanol–water partition coefficient (Wildman–Crippen LogP) is 3.03. The monoisotopic (exact) mass is 352 g/mol. The van der Waals surface area contributed by atoms with E-state index < -0.39 is 11.7 Å². The maximum atomic E-state index is 11.8. The van der Waals surface area contributed by atoms with Gasteiger partial charge in [-0.3, -0.25) is 0 Å². The first-order chi connectivity index (χ1) is 9.24. The number of hydrogen-bond acceptors (Lipinski definition) is 3. The van der Waals surface area contributed by atoms with Gasteiger partial charge in [-0.15, -0.1) is 0 Å². The van der Waals surface area contributed by atoms with E-state index in [0.29, 0.717) is 10.7 Å². The molecule has 6 heteroatoms. The molecule has 1 aromatic heterocycles. The van der Waals surface area contributed by atoms with Crippen LogP contribution < -0.4 is 9.80 Å². The number of nitrogens with zero attached hydrogens (tertiary/aromatic N) is 1. The molecule has 0 saturated carbocycles. The van der Waals surface area contributed by atoms with Crippen molar-refractivity contribution in [2.45, 2.75) is 26.4 Å². The van der Waals surface area contributed by atoms with Gasteiger partial charge in [-0.25, -0.2) is 0 Å². The molecule has 0 saturated heterocycles. The molecule has 104 valence electrons. The number of amides is 1. The molecule has 2 rings (SSSR count). The second-order valence-corrected chi connectivity index (χ2v) is 6.72. The minimum absolute atomic E-state index is 0.505. The van der Waals surface area contributed by atoms with E-state index in [1.165, 1.54) is 0 Å². The predicted molar refractivity (Wildman–Crippen MR) is 82.0 cm³/mol. The summed E-state index contributed by atoms with van der Waals surface area (Å²) in [5, 5.41) is 4.97. The molecular weight excluding hydrogens is 339 g/mol. The van der Waals surface area contributed by atoms with Crippen LogP contribution in [0.3, 0.4) is 0 Å². The molecule has 1 amide bonds. The van der Waals surface area contributed by atoms with Crippen LogP contribution in [0.2, 0.25) is 5.02 Å². The molecule has 0 aliphatic heterocycles. The Bertz CT molecular complexity index is 668. The molecule has 1 N–H and O–H groups in total. The molecule has 4 nitrogen and oxygen atoms in total. The molecule has 0 spiro atoms. The van der Waals surface area contributed by atoms with Crippen molar-refractivity contribution < 1.29 is 9.53 Å². The molecule has 2 radical (unpaired) electrons. The quantitative estimate of drug-likeness (QED) is 0.803. The fourth-order valence-electron chi connectivity index (χ4n) is 1.70. The third-order valence-corrected chi connectivity index (χ3v) is 3.24. The van der Waals surface area contributed by atoms with E-state index >= 15 is 0 Å². The van der Waals surface area contributed by atoms with E-state index in [1.807, 2.05) is 32.9 Å². The third kappa shape index (κ3) is 3.87. The van der Waals surface area contributed by atoms with Crippen molar-refractivity contribution >= 4 is 55.5 Å². The van der Waals surface area contributed by atoms with E-state index in [1.54, 1.807) is 12.3 Å². The molecule has 0 fully saturated rings. The van der Waals surface area contributed by atoms with Crippen LogP contribution in [0.4, 0.5) is 10.5 Å². The van der Waals surface area contributed by atoms with Gasteiger partial charge in [0.1, 0.15) is 0 Å². The Hall–Kier alpha value is -1.25. The molecule has 0 bridgehead atoms. The molecule has 1 heterocycles. The number of halogens is 1. The van der Waals surface area contributed by atoms with Gasteiger partial charge in [-0.2, -0.15) is 0 Å². The number of rotatable bonds is 1. The van der Waals surface area contributed by atoms with Crippen LogP contribution in [0, 0.1) is 0 Å². The Labute approximate surface area is 131 Å². The summed E-state index contributed by atoms with van der Waals surface area (Å²) >= 11 is 8.57. The summed E-state index contributed by atoms with van der Waals surface area (Å²) in [6.45, 7) is 5.44. The Kier molecular flexibility index (Phi) is 4.26. The summed E-state index contributed by atoms with van der Waals surface area (Å²) < 4.78 is 6.04. The van der Waals surface area contributed by atoms with Gasteiger partial charge in [0.25, 0.3) is 0 Å². The van der Waals surface area contributed by atoms with Crippen molar-refractivity contribution in [3.63, 3.8) is 0 Å². The fourth-order valence-corrected chi connectivity index (χ4v) is 2.38. The number of nitrogens with one attached hydrogen (secondary N) is 1. The van der Waals surface area contributed by atoms with Crippen LogP contribution >= 0.6 is 11.6 Å². The van der Waals surface area contributed by atoms with E-state index in [2.05, 4.69) is 27.2 Å². The second-order valence-electron chi connectivity index (χ2n) is 5.35. The number of anilines is 1. The fraction of sp³-hybridized carbons (Fsp3) is 0.286. The van der Waals surface area contributed by atoms with Crippen LogP contribution in [-0.4, -0.2) is 33.5 Å². The minimum atomic E-state index is -0.539. The summed E-state index contributed by atoms with van der Waals surface area (Å²) in [6, 6.07) is 5.41. The second kappa shape index (κ2) is 5.63. The Balaban J connectivity index is 2.29. The van der Waals surface area contributed by atoms with Crippen LogP contribution in [0.15, 0.2) is 24.4 Å². The average Bonchev–Trinajstić information content (AvgIpc) is 2.24. The maximum absolute atomic E-state index is 11.8. The summed E-state index contributed by atoms with van der Waals surface area (Å²) in [6.07, 6.45) is 1.21. The zero-order valence-corrected chi connectivity index (χ0v) is 14.0. The van der Waals surface area contributed by atoms with Crippen molar-refractivity contribution in [2.24, 2.45) is 0 Å². The molecular formula is C14H14AsClN2O2. The molecule has 0 aliphatic carbocycles. The standard InChI is InChI=1S/C14H14AsClN2O2/c1-14(2,3)20-13(19)18-9-4-8-5-12(15)17-7-10(8)11(16)6-9/h4-7H,1-3H3,(H,18,19). The van der Waals surface area contributed by atoms with Gasteiger partial charge in [0.05, 0.1) is 0 Å². The van der Waals surface area contributed by atoms with Crippen molar-refractivity contribution in [3.8, 4) is 0 Å². The zero-order chi connectivity index (χ0) is 14.9. The number of aromatic nitrogens is 1. The Morgan fingerprint density at radius 1 is 1.35 bits per heavy atom. The average molecular weight is 353 g/mol. The molecule has 1 aromatic carbocycles. The third-order valence-electron chi connectivity index (χ3n) is 2.42. The topological polar surface area (TPSA) is 51.2 Å². The van der Waals surface area contributed by atoms with E-state index in [-0.39, 0.29) is 0 Å². The van der Waals surface area contributed by atoms with Gasteiger partial charge in [0.15, 0.2) is 0 Å². The first-order valence-corrected chi connectivity index (χ1v) is 7.34. The Morgan fingerprint density at radius 2 is 2.05 bits per heavy atom. The van der Waals surface area contributed by atoms with E-state index in [9.17, 15) is 4.79 Å². The number of fused-ring (bicyclic) bond motifs is 1. The summed E-state index contributed by atoms with van der Waals surface area (Å²) in [4.78, 5) is 15.9. The molecule has 0 aliphatic rings. The zero-order valence-electron chi connectivity index (χ0n) is 11.4. The van der Waals surface area contributed by atoms with Gasteiger partial charge in [0, 0.05) is 0 Å². The first kappa shape index (κ1) is 15.1. The van der Waals surface area contributed by atoms with Gasteiger partial charge in [0.2, 0.25) is 0 Å². The van der Waals surface area contributed by atoms with Crippen LogP contribution in [0.1, 0.15) is 20.8 Å².